The van der Waals surface area contributed by atoms with Gasteiger partial charge in [0.2, 0.25) is 0 Å². The molecule has 1 amide bonds. The average molecular weight is 369 g/mol. The van der Waals surface area contributed by atoms with E-state index >= 15 is 0 Å². The molecule has 0 saturated carbocycles. The number of ether oxygens (including phenoxy) is 1. The lowest BCUT2D eigenvalue weighted by Crippen LogP contribution is -2.20. The molecule has 26 heavy (non-hydrogen) atoms. The van der Waals surface area contributed by atoms with E-state index in [-0.39, 0.29) is 17.9 Å². The second kappa shape index (κ2) is 6.96. The van der Waals surface area contributed by atoms with Crippen LogP contribution in [0.25, 0.3) is 10.2 Å². The molecule has 0 spiro atoms. The largest absolute Gasteiger partial charge is 0.484 e. The summed E-state index contributed by atoms with van der Waals surface area (Å²) < 4.78 is 6.54. The first kappa shape index (κ1) is 18.2. The van der Waals surface area contributed by atoms with Gasteiger partial charge in [0.1, 0.15) is 5.75 Å². The monoisotopic (exact) mass is 369 g/mol. The minimum atomic E-state index is -0.207. The molecule has 2 aromatic carbocycles. The van der Waals surface area contributed by atoms with E-state index in [1.54, 1.807) is 0 Å². The Kier molecular flexibility index (Phi) is 4.87. The normalized spacial score (nSPS) is 11.5. The van der Waals surface area contributed by atoms with E-state index in [1.807, 2.05) is 43.3 Å². The van der Waals surface area contributed by atoms with E-state index in [0.717, 1.165) is 21.5 Å². The molecule has 0 bridgehead atoms. The number of fused-ring (bicyclic) bond motifs is 1. The number of aryl methyl sites for hydroxylation is 1. The molecule has 0 unspecified atom stereocenters. The average Bonchev–Trinajstić information content (AvgIpc) is 2.93. The Balaban J connectivity index is 1.62. The van der Waals surface area contributed by atoms with Gasteiger partial charge >= 0.3 is 0 Å². The third kappa shape index (κ3) is 4.14. The number of rotatable bonds is 4. The standard InChI is InChI=1S/C20H23N3O2S/c1-12-9-14(10-16-18(12)23-19(21)26-16)22-17(24)11-25-15-7-5-13(6-8-15)20(2,3)4/h5-10H,11H2,1-4H3,(H2,21,23)(H,22,24). The van der Waals surface area contributed by atoms with Crippen LogP contribution in [0.1, 0.15) is 31.9 Å². The van der Waals surface area contributed by atoms with E-state index in [4.69, 9.17) is 10.5 Å². The molecule has 136 valence electrons. The van der Waals surface area contributed by atoms with Crippen LogP contribution in [0.4, 0.5) is 10.8 Å². The smallest absolute Gasteiger partial charge is 0.262 e. The summed E-state index contributed by atoms with van der Waals surface area (Å²) in [6.45, 7) is 8.38. The molecule has 1 heterocycles. The second-order valence-corrected chi connectivity index (χ2v) is 8.37. The zero-order valence-electron chi connectivity index (χ0n) is 15.4. The molecule has 0 aliphatic carbocycles. The molecule has 6 heteroatoms. The lowest BCUT2D eigenvalue weighted by atomic mass is 9.87. The number of hydrogen-bond donors (Lipinski definition) is 2. The Morgan fingerprint density at radius 3 is 2.58 bits per heavy atom. The Morgan fingerprint density at radius 1 is 1.23 bits per heavy atom. The van der Waals surface area contributed by atoms with Crippen molar-refractivity contribution < 1.29 is 9.53 Å². The summed E-state index contributed by atoms with van der Waals surface area (Å²) >= 11 is 1.41. The fourth-order valence-corrected chi connectivity index (χ4v) is 3.53. The Bertz CT molecular complexity index is 940. The Hall–Kier alpha value is -2.60. The summed E-state index contributed by atoms with van der Waals surface area (Å²) in [6.07, 6.45) is 0. The van der Waals surface area contributed by atoms with E-state index in [1.165, 1.54) is 16.9 Å². The summed E-state index contributed by atoms with van der Waals surface area (Å²) in [5.41, 5.74) is 9.64. The summed E-state index contributed by atoms with van der Waals surface area (Å²) in [6, 6.07) is 11.6. The fourth-order valence-electron chi connectivity index (χ4n) is 2.68. The van der Waals surface area contributed by atoms with Gasteiger partial charge in [-0.2, -0.15) is 0 Å². The predicted molar refractivity (Wildman–Crippen MR) is 108 cm³/mol. The number of thiazole rings is 1. The van der Waals surface area contributed by atoms with Crippen molar-refractivity contribution in [3.05, 3.63) is 47.5 Å². The van der Waals surface area contributed by atoms with Crippen LogP contribution in [0, 0.1) is 6.92 Å². The van der Waals surface area contributed by atoms with Crippen LogP contribution in [-0.2, 0) is 10.2 Å². The SMILES string of the molecule is Cc1cc(NC(=O)COc2ccc(C(C)(C)C)cc2)cc2sc(N)nc12. The highest BCUT2D eigenvalue weighted by molar-refractivity contribution is 7.22. The van der Waals surface area contributed by atoms with Gasteiger partial charge in [-0.05, 0) is 47.7 Å². The van der Waals surface area contributed by atoms with Crippen LogP contribution in [0.2, 0.25) is 0 Å². The zero-order valence-corrected chi connectivity index (χ0v) is 16.2. The number of carbonyl (C=O) groups is 1. The number of nitrogens with two attached hydrogens (primary N) is 1. The maximum atomic E-state index is 12.2. The van der Waals surface area contributed by atoms with Gasteiger partial charge < -0.3 is 15.8 Å². The molecule has 0 aliphatic rings. The minimum Gasteiger partial charge on any atom is -0.484 e. The van der Waals surface area contributed by atoms with Crippen molar-refractivity contribution in [2.45, 2.75) is 33.1 Å². The maximum absolute atomic E-state index is 12.2. The third-order valence-corrected chi connectivity index (χ3v) is 4.91. The van der Waals surface area contributed by atoms with Gasteiger partial charge in [0, 0.05) is 5.69 Å². The van der Waals surface area contributed by atoms with Crippen molar-refractivity contribution in [2.24, 2.45) is 0 Å². The van der Waals surface area contributed by atoms with Gasteiger partial charge in [-0.15, -0.1) is 0 Å². The molecular formula is C20H23N3O2S. The van der Waals surface area contributed by atoms with Crippen LogP contribution in [0.15, 0.2) is 36.4 Å². The molecule has 0 atom stereocenters. The maximum Gasteiger partial charge on any atom is 0.262 e. The van der Waals surface area contributed by atoms with Gasteiger partial charge in [0.25, 0.3) is 5.91 Å². The summed E-state index contributed by atoms with van der Waals surface area (Å²) in [4.78, 5) is 16.5. The van der Waals surface area contributed by atoms with Gasteiger partial charge in [-0.3, -0.25) is 4.79 Å². The highest BCUT2D eigenvalue weighted by Gasteiger charge is 2.13. The van der Waals surface area contributed by atoms with Crippen LogP contribution in [0.3, 0.4) is 0 Å². The summed E-state index contributed by atoms with van der Waals surface area (Å²) in [7, 11) is 0. The molecule has 0 fully saturated rings. The number of nitrogens with zero attached hydrogens (tertiary/aromatic N) is 1. The molecule has 3 rings (SSSR count). The molecule has 3 N–H and O–H groups in total. The number of nitrogen functional groups attached to an aromatic ring is 1. The van der Waals surface area contributed by atoms with Gasteiger partial charge in [0.05, 0.1) is 10.2 Å². The molecule has 3 aromatic rings. The molecule has 5 nitrogen and oxygen atoms in total. The van der Waals surface area contributed by atoms with Gasteiger partial charge in [-0.1, -0.05) is 44.2 Å². The first-order valence-electron chi connectivity index (χ1n) is 8.42. The van der Waals surface area contributed by atoms with Crippen LogP contribution in [0.5, 0.6) is 5.75 Å². The highest BCUT2D eigenvalue weighted by Crippen LogP contribution is 2.29. The number of benzene rings is 2. The van der Waals surface area contributed by atoms with Crippen LogP contribution in [-0.4, -0.2) is 17.5 Å². The molecule has 0 radical (unpaired) electrons. The quantitative estimate of drug-likeness (QED) is 0.710. The second-order valence-electron chi connectivity index (χ2n) is 7.30. The van der Waals surface area contributed by atoms with Crippen molar-refractivity contribution in [3.63, 3.8) is 0 Å². The van der Waals surface area contributed by atoms with E-state index < -0.39 is 0 Å². The molecule has 1 aromatic heterocycles. The topological polar surface area (TPSA) is 77.2 Å². The number of aromatic nitrogens is 1. The zero-order chi connectivity index (χ0) is 18.9. The summed E-state index contributed by atoms with van der Waals surface area (Å²) in [5.74, 6) is 0.469. The number of carbonyl (C=O) groups excluding carboxylic acids is 1. The van der Waals surface area contributed by atoms with Gasteiger partial charge in [0.15, 0.2) is 11.7 Å². The molecule has 0 aliphatic heterocycles. The minimum absolute atomic E-state index is 0.0449. The lowest BCUT2D eigenvalue weighted by molar-refractivity contribution is -0.118. The van der Waals surface area contributed by atoms with Gasteiger partial charge in [-0.25, -0.2) is 4.98 Å². The third-order valence-electron chi connectivity index (χ3n) is 4.08. The number of amides is 1. The van der Waals surface area contributed by atoms with Crippen molar-refractivity contribution in [1.82, 2.24) is 4.98 Å². The lowest BCUT2D eigenvalue weighted by Gasteiger charge is -2.19. The summed E-state index contributed by atoms with van der Waals surface area (Å²) in [5, 5.41) is 3.39. The highest BCUT2D eigenvalue weighted by atomic mass is 32.1. The van der Waals surface area contributed by atoms with Crippen LogP contribution < -0.4 is 15.8 Å². The number of hydrogen-bond acceptors (Lipinski definition) is 5. The predicted octanol–water partition coefficient (Wildman–Crippen LogP) is 4.50. The number of anilines is 2. The van der Waals surface area contributed by atoms with Crippen LogP contribution >= 0.6 is 11.3 Å². The van der Waals surface area contributed by atoms with E-state index in [9.17, 15) is 4.79 Å². The first-order chi connectivity index (χ1) is 12.2. The van der Waals surface area contributed by atoms with Crippen molar-refractivity contribution >= 4 is 38.3 Å². The van der Waals surface area contributed by atoms with Crippen molar-refractivity contribution in [3.8, 4) is 5.75 Å². The number of nitrogens with one attached hydrogen (secondary N) is 1. The Morgan fingerprint density at radius 2 is 1.92 bits per heavy atom. The molecular weight excluding hydrogens is 346 g/mol. The van der Waals surface area contributed by atoms with Crippen molar-refractivity contribution in [2.75, 3.05) is 17.7 Å². The van der Waals surface area contributed by atoms with Crippen molar-refractivity contribution in [1.29, 1.82) is 0 Å². The molecule has 0 saturated heterocycles. The fraction of sp³-hybridized carbons (Fsp3) is 0.300. The first-order valence-corrected chi connectivity index (χ1v) is 9.24. The van der Waals surface area contributed by atoms with E-state index in [0.29, 0.717) is 10.9 Å². The van der Waals surface area contributed by atoms with E-state index in [2.05, 4.69) is 31.1 Å². The Labute approximate surface area is 157 Å².